The van der Waals surface area contributed by atoms with E-state index in [1.807, 2.05) is 66.4 Å². The van der Waals surface area contributed by atoms with Crippen molar-refractivity contribution in [1.82, 2.24) is 4.90 Å². The molecule has 3 rings (SSSR count). The fourth-order valence-corrected chi connectivity index (χ4v) is 2.44. The molecule has 2 N–H and O–H groups in total. The number of nitrogens with zero attached hydrogens (tertiary/aromatic N) is 2. The van der Waals surface area contributed by atoms with E-state index in [4.69, 9.17) is 5.41 Å². The minimum Gasteiger partial charge on any atom is -0.311 e. The molecule has 1 aliphatic heterocycles. The van der Waals surface area contributed by atoms with Gasteiger partial charge in [-0.2, -0.15) is 0 Å². The van der Waals surface area contributed by atoms with Crippen LogP contribution >= 0.6 is 0 Å². The van der Waals surface area contributed by atoms with E-state index in [9.17, 15) is 4.79 Å². The molecule has 2 aromatic carbocycles. The lowest BCUT2D eigenvalue weighted by atomic mass is 10.2. The van der Waals surface area contributed by atoms with Crippen LogP contribution in [0.1, 0.15) is 5.56 Å². The second-order valence-corrected chi connectivity index (χ2v) is 5.26. The maximum Gasteiger partial charge on any atom is 0.328 e. The van der Waals surface area contributed by atoms with Crippen LogP contribution in [-0.2, 0) is 0 Å². The third kappa shape index (κ3) is 2.79. The summed E-state index contributed by atoms with van der Waals surface area (Å²) in [6, 6.07) is 17.0. The largest absolute Gasteiger partial charge is 0.328 e. The summed E-state index contributed by atoms with van der Waals surface area (Å²) in [5.41, 5.74) is 2.84. The summed E-state index contributed by atoms with van der Waals surface area (Å²) in [6.07, 6.45) is 0. The van der Waals surface area contributed by atoms with E-state index in [-0.39, 0.29) is 12.0 Å². The quantitative estimate of drug-likeness (QED) is 0.893. The summed E-state index contributed by atoms with van der Waals surface area (Å²) in [7, 11) is 0. The molecule has 0 spiro atoms. The van der Waals surface area contributed by atoms with Gasteiger partial charge in [-0.3, -0.25) is 10.3 Å². The van der Waals surface area contributed by atoms with Gasteiger partial charge in [-0.05, 0) is 31.2 Å². The number of rotatable bonds is 2. The van der Waals surface area contributed by atoms with Gasteiger partial charge in [0.1, 0.15) is 0 Å². The first kappa shape index (κ1) is 14.1. The summed E-state index contributed by atoms with van der Waals surface area (Å²) < 4.78 is 0. The van der Waals surface area contributed by atoms with Gasteiger partial charge in [0.25, 0.3) is 0 Å². The number of anilines is 2. The van der Waals surface area contributed by atoms with Crippen LogP contribution in [0.3, 0.4) is 0 Å². The minimum absolute atomic E-state index is 0.206. The first-order valence-electron chi connectivity index (χ1n) is 7.21. The van der Waals surface area contributed by atoms with Crippen molar-refractivity contribution in [3.05, 3.63) is 60.2 Å². The van der Waals surface area contributed by atoms with Gasteiger partial charge in [-0.1, -0.05) is 35.9 Å². The van der Waals surface area contributed by atoms with Crippen LogP contribution in [0.15, 0.2) is 54.6 Å². The van der Waals surface area contributed by atoms with Crippen molar-refractivity contribution in [2.45, 2.75) is 6.92 Å². The van der Waals surface area contributed by atoms with Gasteiger partial charge in [-0.25, -0.2) is 4.79 Å². The molecule has 0 bridgehead atoms. The number of nitrogens with one attached hydrogen (secondary N) is 2. The number of hydrogen-bond acceptors (Lipinski definition) is 2. The molecule has 1 saturated heterocycles. The fourth-order valence-electron chi connectivity index (χ4n) is 2.44. The Bertz CT molecular complexity index is 682. The van der Waals surface area contributed by atoms with Gasteiger partial charge in [0.05, 0.1) is 0 Å². The fraction of sp³-hybridized carbons (Fsp3) is 0.176. The molecule has 0 radical (unpaired) electrons. The Morgan fingerprint density at radius 2 is 1.73 bits per heavy atom. The number of carbonyl (C=O) groups excluding carboxylic acids is 1. The standard InChI is InChI=1S/C17H18N4O/c1-13-7-9-15(10-8-13)20-11-12-21(16(20)18)17(22)19-14-5-3-2-4-6-14/h2-10,18H,11-12H2,1H3,(H,19,22). The molecule has 2 amide bonds. The lowest BCUT2D eigenvalue weighted by Crippen LogP contribution is -2.39. The highest BCUT2D eigenvalue weighted by molar-refractivity contribution is 6.09. The monoisotopic (exact) mass is 294 g/mol. The Morgan fingerprint density at radius 1 is 1.05 bits per heavy atom. The Kier molecular flexibility index (Phi) is 3.78. The van der Waals surface area contributed by atoms with E-state index in [1.165, 1.54) is 10.5 Å². The Balaban J connectivity index is 1.70. The first-order chi connectivity index (χ1) is 10.6. The number of hydrogen-bond donors (Lipinski definition) is 2. The highest BCUT2D eigenvalue weighted by Gasteiger charge is 2.30. The van der Waals surface area contributed by atoms with Crippen molar-refractivity contribution in [3.8, 4) is 0 Å². The van der Waals surface area contributed by atoms with Crippen molar-refractivity contribution in [3.63, 3.8) is 0 Å². The summed E-state index contributed by atoms with van der Waals surface area (Å²) in [6.45, 7) is 3.16. The highest BCUT2D eigenvalue weighted by Crippen LogP contribution is 2.21. The Morgan fingerprint density at radius 3 is 2.41 bits per heavy atom. The average molecular weight is 294 g/mol. The van der Waals surface area contributed by atoms with Crippen molar-refractivity contribution < 1.29 is 4.79 Å². The third-order valence-electron chi connectivity index (χ3n) is 3.67. The second kappa shape index (κ2) is 5.89. The summed E-state index contributed by atoms with van der Waals surface area (Å²) in [5.74, 6) is 0.206. The number of para-hydroxylation sites is 1. The van der Waals surface area contributed by atoms with Gasteiger partial charge in [0.2, 0.25) is 5.96 Å². The molecular weight excluding hydrogens is 276 g/mol. The SMILES string of the molecule is Cc1ccc(N2CCN(C(=O)Nc3ccccc3)C2=N)cc1. The van der Waals surface area contributed by atoms with Crippen molar-refractivity contribution in [2.24, 2.45) is 0 Å². The molecule has 112 valence electrons. The molecule has 22 heavy (non-hydrogen) atoms. The predicted molar refractivity (Wildman–Crippen MR) is 88.4 cm³/mol. The summed E-state index contributed by atoms with van der Waals surface area (Å²) in [4.78, 5) is 15.6. The molecular formula is C17H18N4O. The van der Waals surface area contributed by atoms with E-state index in [0.717, 1.165) is 11.4 Å². The summed E-state index contributed by atoms with van der Waals surface area (Å²) in [5, 5.41) is 11.1. The highest BCUT2D eigenvalue weighted by atomic mass is 16.2. The first-order valence-corrected chi connectivity index (χ1v) is 7.21. The smallest absolute Gasteiger partial charge is 0.311 e. The van der Waals surface area contributed by atoms with Gasteiger partial charge in [0.15, 0.2) is 0 Å². The molecule has 1 aliphatic rings. The number of carbonyl (C=O) groups is 1. The maximum absolute atomic E-state index is 12.3. The van der Waals surface area contributed by atoms with E-state index < -0.39 is 0 Å². The summed E-state index contributed by atoms with van der Waals surface area (Å²) >= 11 is 0. The van der Waals surface area contributed by atoms with Crippen LogP contribution in [0, 0.1) is 12.3 Å². The molecule has 5 heteroatoms. The van der Waals surface area contributed by atoms with Crippen LogP contribution in [0.2, 0.25) is 0 Å². The molecule has 0 aromatic heterocycles. The zero-order valence-electron chi connectivity index (χ0n) is 12.4. The predicted octanol–water partition coefficient (Wildman–Crippen LogP) is 3.28. The van der Waals surface area contributed by atoms with E-state index in [0.29, 0.717) is 13.1 Å². The maximum atomic E-state index is 12.3. The van der Waals surface area contributed by atoms with Crippen LogP contribution in [-0.4, -0.2) is 30.0 Å². The van der Waals surface area contributed by atoms with Crippen LogP contribution in [0.25, 0.3) is 0 Å². The lowest BCUT2D eigenvalue weighted by Gasteiger charge is -2.21. The second-order valence-electron chi connectivity index (χ2n) is 5.26. The molecule has 5 nitrogen and oxygen atoms in total. The Labute approximate surface area is 129 Å². The normalized spacial score (nSPS) is 14.3. The molecule has 0 unspecified atom stereocenters. The molecule has 0 atom stereocenters. The number of guanidine groups is 1. The van der Waals surface area contributed by atoms with E-state index in [1.54, 1.807) is 0 Å². The van der Waals surface area contributed by atoms with Gasteiger partial charge >= 0.3 is 6.03 Å². The van der Waals surface area contributed by atoms with Gasteiger partial charge < -0.3 is 10.2 Å². The zero-order valence-corrected chi connectivity index (χ0v) is 12.4. The van der Waals surface area contributed by atoms with E-state index >= 15 is 0 Å². The van der Waals surface area contributed by atoms with Crippen LogP contribution in [0.4, 0.5) is 16.2 Å². The molecule has 1 fully saturated rings. The van der Waals surface area contributed by atoms with Crippen molar-refractivity contribution >= 4 is 23.4 Å². The number of urea groups is 1. The van der Waals surface area contributed by atoms with E-state index in [2.05, 4.69) is 5.32 Å². The number of amides is 2. The molecule has 1 heterocycles. The molecule has 0 saturated carbocycles. The van der Waals surface area contributed by atoms with Crippen LogP contribution < -0.4 is 10.2 Å². The average Bonchev–Trinajstić information content (AvgIpc) is 2.91. The van der Waals surface area contributed by atoms with Crippen molar-refractivity contribution in [1.29, 1.82) is 5.41 Å². The number of benzene rings is 2. The molecule has 2 aromatic rings. The zero-order chi connectivity index (χ0) is 15.5. The lowest BCUT2D eigenvalue weighted by molar-refractivity contribution is 0.236. The van der Waals surface area contributed by atoms with Gasteiger partial charge in [0, 0.05) is 24.5 Å². The van der Waals surface area contributed by atoms with Gasteiger partial charge in [-0.15, -0.1) is 0 Å². The topological polar surface area (TPSA) is 59.4 Å². The Hall–Kier alpha value is -2.82. The molecule has 0 aliphatic carbocycles. The number of aryl methyl sites for hydroxylation is 1. The minimum atomic E-state index is -0.272. The van der Waals surface area contributed by atoms with Crippen LogP contribution in [0.5, 0.6) is 0 Å². The third-order valence-corrected chi connectivity index (χ3v) is 3.67. The van der Waals surface area contributed by atoms with Crippen molar-refractivity contribution in [2.75, 3.05) is 23.3 Å².